The highest BCUT2D eigenvalue weighted by molar-refractivity contribution is 7.80. The Morgan fingerprint density at radius 2 is 1.19 bits per heavy atom. The standard InChI is InChI=1S/C10H20N2O2S2/c1-13-9(15)11-7-5-3-4-6-8-12-10(16)14-2/h3-8H2,1-2H3,(H,11,15)(H,12,16). The molecule has 0 amide bonds. The summed E-state index contributed by atoms with van der Waals surface area (Å²) in [5, 5.41) is 6.94. The molecule has 0 atom stereocenters. The first kappa shape index (κ1) is 15.4. The lowest BCUT2D eigenvalue weighted by Crippen LogP contribution is -2.24. The van der Waals surface area contributed by atoms with E-state index in [0.29, 0.717) is 10.3 Å². The second-order valence-electron chi connectivity index (χ2n) is 3.25. The van der Waals surface area contributed by atoms with Crippen molar-refractivity contribution in [1.29, 1.82) is 0 Å². The summed E-state index contributed by atoms with van der Waals surface area (Å²) in [6.45, 7) is 1.74. The quantitative estimate of drug-likeness (QED) is 0.538. The first-order chi connectivity index (χ1) is 7.70. The average molecular weight is 264 g/mol. The van der Waals surface area contributed by atoms with Gasteiger partial charge in [-0.15, -0.1) is 0 Å². The van der Waals surface area contributed by atoms with Crippen molar-refractivity contribution in [2.24, 2.45) is 0 Å². The zero-order valence-corrected chi connectivity index (χ0v) is 11.5. The van der Waals surface area contributed by atoms with Gasteiger partial charge in [0.25, 0.3) is 10.3 Å². The van der Waals surface area contributed by atoms with Crippen LogP contribution in [0.3, 0.4) is 0 Å². The van der Waals surface area contributed by atoms with Gasteiger partial charge in [-0.2, -0.15) is 0 Å². The summed E-state index contributed by atoms with van der Waals surface area (Å²) in [4.78, 5) is 0. The van der Waals surface area contributed by atoms with Crippen LogP contribution in [0.1, 0.15) is 25.7 Å². The summed E-state index contributed by atoms with van der Waals surface area (Å²) in [7, 11) is 3.14. The molecular weight excluding hydrogens is 244 g/mol. The highest BCUT2D eigenvalue weighted by atomic mass is 32.1. The molecule has 0 radical (unpaired) electrons. The SMILES string of the molecule is COC(=S)NCCCCCCNC(=S)OC. The molecule has 6 heteroatoms. The predicted octanol–water partition coefficient (Wildman–Crippen LogP) is 1.59. The van der Waals surface area contributed by atoms with Crippen molar-refractivity contribution in [3.63, 3.8) is 0 Å². The van der Waals surface area contributed by atoms with E-state index in [9.17, 15) is 0 Å². The molecule has 0 heterocycles. The maximum atomic E-state index is 4.85. The van der Waals surface area contributed by atoms with Gasteiger partial charge in [0.1, 0.15) is 0 Å². The fourth-order valence-electron chi connectivity index (χ4n) is 1.13. The minimum atomic E-state index is 0.465. The Bertz CT molecular complexity index is 191. The largest absolute Gasteiger partial charge is 0.474 e. The van der Waals surface area contributed by atoms with Crippen LogP contribution in [0.5, 0.6) is 0 Å². The molecule has 0 aromatic rings. The van der Waals surface area contributed by atoms with Crippen molar-refractivity contribution in [3.05, 3.63) is 0 Å². The zero-order chi connectivity index (χ0) is 12.2. The topological polar surface area (TPSA) is 42.5 Å². The third-order valence-corrected chi connectivity index (χ3v) is 2.64. The Kier molecular flexibility index (Phi) is 10.5. The Balaban J connectivity index is 3.10. The van der Waals surface area contributed by atoms with E-state index >= 15 is 0 Å². The van der Waals surface area contributed by atoms with E-state index in [1.165, 1.54) is 12.8 Å². The molecule has 0 aromatic heterocycles. The Labute approximate surface area is 108 Å². The van der Waals surface area contributed by atoms with Crippen LogP contribution in [-0.4, -0.2) is 37.7 Å². The summed E-state index contributed by atoms with van der Waals surface area (Å²) in [5.74, 6) is 0. The molecule has 0 fully saturated rings. The van der Waals surface area contributed by atoms with Crippen molar-refractivity contribution in [2.75, 3.05) is 27.3 Å². The summed E-state index contributed by atoms with van der Waals surface area (Å²) >= 11 is 9.69. The van der Waals surface area contributed by atoms with Gasteiger partial charge < -0.3 is 20.1 Å². The molecule has 0 aliphatic rings. The molecular formula is C10H20N2O2S2. The minimum absolute atomic E-state index is 0.465. The molecule has 0 aromatic carbocycles. The summed E-state index contributed by atoms with van der Waals surface area (Å²) in [6.07, 6.45) is 4.53. The van der Waals surface area contributed by atoms with Gasteiger partial charge in [0, 0.05) is 13.1 Å². The van der Waals surface area contributed by atoms with Gasteiger partial charge in [0.15, 0.2) is 0 Å². The highest BCUT2D eigenvalue weighted by Crippen LogP contribution is 1.98. The molecule has 0 saturated carbocycles. The van der Waals surface area contributed by atoms with Crippen molar-refractivity contribution < 1.29 is 9.47 Å². The predicted molar refractivity (Wildman–Crippen MR) is 73.7 cm³/mol. The molecule has 94 valence electrons. The number of hydrogen-bond acceptors (Lipinski definition) is 4. The molecule has 2 N–H and O–H groups in total. The number of ether oxygens (including phenoxy) is 2. The van der Waals surface area contributed by atoms with Crippen molar-refractivity contribution in [2.45, 2.75) is 25.7 Å². The molecule has 0 rings (SSSR count). The lowest BCUT2D eigenvalue weighted by Gasteiger charge is -2.07. The Morgan fingerprint density at radius 3 is 1.50 bits per heavy atom. The highest BCUT2D eigenvalue weighted by Gasteiger charge is 1.94. The normalized spacial score (nSPS) is 9.38. The summed E-state index contributed by atoms with van der Waals surface area (Å²) in [6, 6.07) is 0. The molecule has 0 saturated heterocycles. The summed E-state index contributed by atoms with van der Waals surface area (Å²) in [5.41, 5.74) is 0. The monoisotopic (exact) mass is 264 g/mol. The van der Waals surface area contributed by atoms with Crippen LogP contribution in [0.2, 0.25) is 0 Å². The van der Waals surface area contributed by atoms with Crippen molar-refractivity contribution in [3.8, 4) is 0 Å². The van der Waals surface area contributed by atoms with Crippen molar-refractivity contribution in [1.82, 2.24) is 10.6 Å². The second kappa shape index (κ2) is 10.9. The zero-order valence-electron chi connectivity index (χ0n) is 9.88. The van der Waals surface area contributed by atoms with E-state index in [-0.39, 0.29) is 0 Å². The van der Waals surface area contributed by atoms with Crippen LogP contribution >= 0.6 is 24.4 Å². The van der Waals surface area contributed by atoms with Gasteiger partial charge in [0.2, 0.25) is 0 Å². The first-order valence-corrected chi connectivity index (χ1v) is 6.16. The van der Waals surface area contributed by atoms with Crippen LogP contribution in [0.4, 0.5) is 0 Å². The van der Waals surface area contributed by atoms with E-state index in [4.69, 9.17) is 33.9 Å². The van der Waals surface area contributed by atoms with Crippen LogP contribution in [-0.2, 0) is 9.47 Å². The third kappa shape index (κ3) is 9.92. The van der Waals surface area contributed by atoms with Gasteiger partial charge in [0.05, 0.1) is 14.2 Å². The van der Waals surface area contributed by atoms with E-state index in [1.54, 1.807) is 14.2 Å². The number of hydrogen-bond donors (Lipinski definition) is 2. The molecule has 4 nitrogen and oxygen atoms in total. The van der Waals surface area contributed by atoms with E-state index in [1.807, 2.05) is 0 Å². The van der Waals surface area contributed by atoms with Gasteiger partial charge in [-0.25, -0.2) is 0 Å². The first-order valence-electron chi connectivity index (χ1n) is 5.34. The van der Waals surface area contributed by atoms with Crippen molar-refractivity contribution >= 4 is 34.8 Å². The minimum Gasteiger partial charge on any atom is -0.474 e. The average Bonchev–Trinajstić information content (AvgIpc) is 2.31. The third-order valence-electron chi connectivity index (χ3n) is 2.01. The fraction of sp³-hybridized carbons (Fsp3) is 0.800. The molecule has 0 spiro atoms. The molecule has 0 aliphatic heterocycles. The number of rotatable bonds is 7. The molecule has 0 aliphatic carbocycles. The number of methoxy groups -OCH3 is 2. The Morgan fingerprint density at radius 1 is 0.812 bits per heavy atom. The van der Waals surface area contributed by atoms with Crippen LogP contribution in [0.25, 0.3) is 0 Å². The molecule has 16 heavy (non-hydrogen) atoms. The van der Waals surface area contributed by atoms with E-state index in [2.05, 4.69) is 10.6 Å². The van der Waals surface area contributed by atoms with Gasteiger partial charge in [-0.05, 0) is 37.3 Å². The Hall–Kier alpha value is -0.620. The maximum absolute atomic E-state index is 4.85. The second-order valence-corrected chi connectivity index (χ2v) is 3.99. The number of nitrogens with one attached hydrogen (secondary N) is 2. The number of unbranched alkanes of at least 4 members (excludes halogenated alkanes) is 3. The summed E-state index contributed by atoms with van der Waals surface area (Å²) < 4.78 is 9.63. The van der Waals surface area contributed by atoms with Gasteiger partial charge in [-0.3, -0.25) is 0 Å². The molecule has 0 bridgehead atoms. The molecule has 0 unspecified atom stereocenters. The van der Waals surface area contributed by atoms with Gasteiger partial charge in [-0.1, -0.05) is 12.8 Å². The maximum Gasteiger partial charge on any atom is 0.256 e. The van der Waals surface area contributed by atoms with E-state index < -0.39 is 0 Å². The van der Waals surface area contributed by atoms with Crippen LogP contribution in [0.15, 0.2) is 0 Å². The smallest absolute Gasteiger partial charge is 0.256 e. The van der Waals surface area contributed by atoms with E-state index in [0.717, 1.165) is 25.9 Å². The van der Waals surface area contributed by atoms with Crippen LogP contribution in [0, 0.1) is 0 Å². The lowest BCUT2D eigenvalue weighted by molar-refractivity contribution is 0.389. The van der Waals surface area contributed by atoms with Gasteiger partial charge >= 0.3 is 0 Å². The lowest BCUT2D eigenvalue weighted by atomic mass is 10.2. The fourth-order valence-corrected chi connectivity index (χ4v) is 1.33. The number of thiocarbonyl (C=S) groups is 2. The van der Waals surface area contributed by atoms with Crippen LogP contribution < -0.4 is 10.6 Å².